The number of rotatable bonds is 57. The second-order valence-corrected chi connectivity index (χ2v) is 20.9. The van der Waals surface area contributed by atoms with Crippen molar-refractivity contribution in [3.05, 3.63) is 146 Å². The van der Waals surface area contributed by atoms with Gasteiger partial charge in [0.25, 0.3) is 0 Å². The lowest BCUT2D eigenvalue weighted by Crippen LogP contribution is -2.30. The van der Waals surface area contributed by atoms with Crippen molar-refractivity contribution in [1.82, 2.24) is 0 Å². The Bertz CT molecular complexity index is 1730. The summed E-state index contributed by atoms with van der Waals surface area (Å²) in [5.74, 6) is -0.934. The van der Waals surface area contributed by atoms with E-state index in [0.717, 1.165) is 161 Å². The van der Waals surface area contributed by atoms with Gasteiger partial charge in [-0.2, -0.15) is 0 Å². The van der Waals surface area contributed by atoms with E-state index in [0.29, 0.717) is 19.3 Å². The first kappa shape index (κ1) is 74.3. The average Bonchev–Trinajstić information content (AvgIpc) is 3.45. The summed E-state index contributed by atoms with van der Waals surface area (Å²) in [6.07, 6.45) is 94.4. The van der Waals surface area contributed by atoms with Gasteiger partial charge >= 0.3 is 17.9 Å². The van der Waals surface area contributed by atoms with Crippen LogP contribution in [0.3, 0.4) is 0 Å². The Balaban J connectivity index is 4.24. The van der Waals surface area contributed by atoms with Gasteiger partial charge in [0.2, 0.25) is 0 Å². The molecule has 0 aliphatic heterocycles. The van der Waals surface area contributed by atoms with Gasteiger partial charge < -0.3 is 14.2 Å². The van der Waals surface area contributed by atoms with Crippen LogP contribution in [-0.4, -0.2) is 37.2 Å². The van der Waals surface area contributed by atoms with Crippen LogP contribution in [0.4, 0.5) is 0 Å². The number of allylic oxidation sites excluding steroid dienone is 24. The third kappa shape index (κ3) is 64.0. The highest BCUT2D eigenvalue weighted by atomic mass is 16.6. The van der Waals surface area contributed by atoms with Crippen LogP contribution >= 0.6 is 0 Å². The van der Waals surface area contributed by atoms with E-state index in [9.17, 15) is 14.4 Å². The Morgan fingerprint density at radius 2 is 0.494 bits per heavy atom. The molecule has 0 N–H and O–H groups in total. The summed E-state index contributed by atoms with van der Waals surface area (Å²) >= 11 is 0. The molecule has 0 radical (unpaired) electrons. The molecule has 1 atom stereocenters. The van der Waals surface area contributed by atoms with E-state index in [2.05, 4.69) is 167 Å². The molecule has 0 aromatic carbocycles. The number of ether oxygens (including phenoxy) is 3. The SMILES string of the molecule is CC/C=C\C/C=C\C/C=C\C/C=C\C/C=C\C/C=C\C/C=C\C/C=C\C/C=C\CCCCCCCC(=O)OCC(COC(=O)CCCCCCCCC)OC(=O)CCCCCCCC/C=C\C/C=C\C/C=C\CCCCCCC. The zero-order chi connectivity index (χ0) is 57.1. The van der Waals surface area contributed by atoms with Crippen LogP contribution < -0.4 is 0 Å². The summed E-state index contributed by atoms with van der Waals surface area (Å²) in [7, 11) is 0. The Hall–Kier alpha value is -4.71. The van der Waals surface area contributed by atoms with E-state index >= 15 is 0 Å². The maximum absolute atomic E-state index is 12.9. The lowest BCUT2D eigenvalue weighted by Gasteiger charge is -2.18. The Labute approximate surface area is 487 Å². The van der Waals surface area contributed by atoms with Crippen LogP contribution in [0.15, 0.2) is 146 Å². The number of esters is 3. The zero-order valence-corrected chi connectivity index (χ0v) is 51.1. The minimum Gasteiger partial charge on any atom is -0.462 e. The van der Waals surface area contributed by atoms with Crippen molar-refractivity contribution in [3.63, 3.8) is 0 Å². The fourth-order valence-electron chi connectivity index (χ4n) is 8.50. The fraction of sp³-hybridized carbons (Fsp3) is 0.630. The van der Waals surface area contributed by atoms with Gasteiger partial charge in [0.05, 0.1) is 0 Å². The highest BCUT2D eigenvalue weighted by Crippen LogP contribution is 2.14. The quantitative estimate of drug-likeness (QED) is 0.0261. The first-order valence-corrected chi connectivity index (χ1v) is 32.3. The molecular weight excluding hydrogens is 973 g/mol. The van der Waals surface area contributed by atoms with Gasteiger partial charge in [-0.1, -0.05) is 276 Å². The fourth-order valence-corrected chi connectivity index (χ4v) is 8.50. The van der Waals surface area contributed by atoms with Crippen LogP contribution in [0, 0.1) is 0 Å². The van der Waals surface area contributed by atoms with Crippen LogP contribution in [0.1, 0.15) is 278 Å². The third-order valence-corrected chi connectivity index (χ3v) is 13.3. The smallest absolute Gasteiger partial charge is 0.306 e. The van der Waals surface area contributed by atoms with Gasteiger partial charge in [0, 0.05) is 19.3 Å². The number of carbonyl (C=O) groups excluding carboxylic acids is 3. The lowest BCUT2D eigenvalue weighted by atomic mass is 10.1. The Morgan fingerprint density at radius 1 is 0.266 bits per heavy atom. The minimum absolute atomic E-state index is 0.0931. The molecule has 0 aliphatic rings. The molecule has 446 valence electrons. The predicted molar refractivity (Wildman–Crippen MR) is 343 cm³/mol. The monoisotopic (exact) mass is 1090 g/mol. The van der Waals surface area contributed by atoms with E-state index in [4.69, 9.17) is 14.2 Å². The van der Waals surface area contributed by atoms with Crippen LogP contribution in [-0.2, 0) is 28.6 Å². The second kappa shape index (κ2) is 65.8. The molecule has 0 rings (SSSR count). The van der Waals surface area contributed by atoms with Gasteiger partial charge in [-0.05, 0) is 128 Å². The van der Waals surface area contributed by atoms with Gasteiger partial charge in [0.1, 0.15) is 13.2 Å². The molecule has 79 heavy (non-hydrogen) atoms. The first-order chi connectivity index (χ1) is 39.0. The summed E-state index contributed by atoms with van der Waals surface area (Å²) in [6, 6.07) is 0. The molecule has 0 aromatic rings. The molecule has 0 bridgehead atoms. The molecule has 1 unspecified atom stereocenters. The highest BCUT2D eigenvalue weighted by molar-refractivity contribution is 5.71. The van der Waals surface area contributed by atoms with Crippen molar-refractivity contribution in [1.29, 1.82) is 0 Å². The summed E-state index contributed by atoms with van der Waals surface area (Å²) in [5.41, 5.74) is 0. The normalized spacial score (nSPS) is 13.1. The van der Waals surface area contributed by atoms with Gasteiger partial charge in [-0.15, -0.1) is 0 Å². The second-order valence-electron chi connectivity index (χ2n) is 20.9. The average molecular weight is 1090 g/mol. The van der Waals surface area contributed by atoms with Crippen molar-refractivity contribution in [3.8, 4) is 0 Å². The molecule has 0 amide bonds. The predicted octanol–water partition coefficient (Wildman–Crippen LogP) is 22.3. The van der Waals surface area contributed by atoms with E-state index in [1.54, 1.807) is 0 Å². The molecule has 6 nitrogen and oxygen atoms in total. The zero-order valence-electron chi connectivity index (χ0n) is 51.1. The van der Waals surface area contributed by atoms with Crippen LogP contribution in [0.5, 0.6) is 0 Å². The van der Waals surface area contributed by atoms with Gasteiger partial charge in [-0.25, -0.2) is 0 Å². The molecule has 0 aromatic heterocycles. The van der Waals surface area contributed by atoms with Gasteiger partial charge in [-0.3, -0.25) is 14.4 Å². The van der Waals surface area contributed by atoms with E-state index in [1.807, 2.05) is 0 Å². The Kier molecular flexibility index (Phi) is 61.9. The number of carbonyl (C=O) groups is 3. The highest BCUT2D eigenvalue weighted by Gasteiger charge is 2.19. The largest absolute Gasteiger partial charge is 0.462 e. The van der Waals surface area contributed by atoms with E-state index < -0.39 is 6.10 Å². The first-order valence-electron chi connectivity index (χ1n) is 32.3. The molecular formula is C73H118O6. The molecule has 0 spiro atoms. The molecule has 0 saturated heterocycles. The van der Waals surface area contributed by atoms with Crippen molar-refractivity contribution in [2.45, 2.75) is 284 Å². The molecule has 0 aliphatic carbocycles. The van der Waals surface area contributed by atoms with Crippen molar-refractivity contribution < 1.29 is 28.6 Å². The van der Waals surface area contributed by atoms with Gasteiger partial charge in [0.15, 0.2) is 6.10 Å². The molecule has 0 saturated carbocycles. The van der Waals surface area contributed by atoms with Crippen LogP contribution in [0.25, 0.3) is 0 Å². The maximum atomic E-state index is 12.9. The summed E-state index contributed by atoms with van der Waals surface area (Å²) < 4.78 is 16.8. The molecule has 0 heterocycles. The topological polar surface area (TPSA) is 78.9 Å². The third-order valence-electron chi connectivity index (χ3n) is 13.3. The van der Waals surface area contributed by atoms with Crippen molar-refractivity contribution in [2.75, 3.05) is 13.2 Å². The summed E-state index contributed by atoms with van der Waals surface area (Å²) in [6.45, 7) is 6.44. The van der Waals surface area contributed by atoms with Crippen molar-refractivity contribution in [2.24, 2.45) is 0 Å². The molecule has 0 fully saturated rings. The van der Waals surface area contributed by atoms with E-state index in [1.165, 1.54) is 77.0 Å². The number of hydrogen-bond donors (Lipinski definition) is 0. The molecule has 6 heteroatoms. The minimum atomic E-state index is -0.797. The number of unbranched alkanes of at least 4 members (excludes halogenated alkanes) is 22. The Morgan fingerprint density at radius 3 is 0.772 bits per heavy atom. The van der Waals surface area contributed by atoms with Crippen LogP contribution in [0.2, 0.25) is 0 Å². The van der Waals surface area contributed by atoms with Crippen molar-refractivity contribution >= 4 is 17.9 Å². The summed E-state index contributed by atoms with van der Waals surface area (Å²) in [4.78, 5) is 38.1. The standard InChI is InChI=1S/C73H118O6/c1-4-7-10-13-16-18-20-22-24-26-28-30-31-32-33-34-35-36-37-38-39-40-41-43-44-46-48-50-52-54-57-60-63-66-72(75)78-69-70(68-77-71(74)65-62-59-56-15-12-9-6-3)79-73(76)67-64-61-58-55-53-51-49-47-45-42-29-27-25-23-21-19-17-14-11-8-5-2/h7,10,16,18,21-24,27-30,32-33,35-36,38-39,41,43,45-48,70H,4-6,8-9,11-15,17,19-20,25-26,31,34,37,40,42,44,49-69H2,1-3H3/b10-7-,18-16-,23-21-,24-22-,29-27-,30-28-,33-32-,36-35-,39-38-,43-41-,47-45-,48-46-. The number of hydrogen-bond acceptors (Lipinski definition) is 6. The summed E-state index contributed by atoms with van der Waals surface area (Å²) in [5, 5.41) is 0. The maximum Gasteiger partial charge on any atom is 0.306 e. The lowest BCUT2D eigenvalue weighted by molar-refractivity contribution is -0.167. The van der Waals surface area contributed by atoms with E-state index in [-0.39, 0.29) is 31.1 Å².